The topological polar surface area (TPSA) is 0 Å². The van der Waals surface area contributed by atoms with Crippen molar-refractivity contribution in [2.45, 2.75) is 24.9 Å². The molecule has 0 nitrogen and oxygen atoms in total. The van der Waals surface area contributed by atoms with E-state index in [1.54, 1.807) is 0 Å². The maximum absolute atomic E-state index is 3.88. The Morgan fingerprint density at radius 1 is 1.17 bits per heavy atom. The molecular formula is C10H20S2. The second kappa shape index (κ2) is 5.23. The third-order valence-corrected chi connectivity index (χ3v) is 6.39. The third kappa shape index (κ3) is 2.23. The molecule has 0 amide bonds. The molecule has 0 aromatic carbocycles. The van der Waals surface area contributed by atoms with Gasteiger partial charge < -0.3 is 0 Å². The van der Waals surface area contributed by atoms with Crippen LogP contribution in [0.5, 0.6) is 0 Å². The van der Waals surface area contributed by atoms with E-state index in [1.807, 2.05) is 23.5 Å². The summed E-state index contributed by atoms with van der Waals surface area (Å²) in [4.78, 5) is 0. The molecule has 0 aliphatic carbocycles. The molecule has 0 heterocycles. The Morgan fingerprint density at radius 2 is 1.58 bits per heavy atom. The van der Waals surface area contributed by atoms with Gasteiger partial charge >= 0.3 is 0 Å². The lowest BCUT2D eigenvalue weighted by Crippen LogP contribution is -2.33. The first-order valence-electron chi connectivity index (χ1n) is 4.28. The van der Waals surface area contributed by atoms with Crippen LogP contribution in [0.4, 0.5) is 0 Å². The average Bonchev–Trinajstić information content (AvgIpc) is 2.06. The Morgan fingerprint density at radius 3 is 1.67 bits per heavy atom. The summed E-state index contributed by atoms with van der Waals surface area (Å²) >= 11 is 3.90. The average molecular weight is 204 g/mol. The summed E-state index contributed by atoms with van der Waals surface area (Å²) in [6.45, 7) is 10.7. The molecule has 1 atom stereocenters. The maximum atomic E-state index is 3.88. The quantitative estimate of drug-likeness (QED) is 0.492. The predicted molar refractivity (Wildman–Crippen MR) is 64.0 cm³/mol. The zero-order chi connectivity index (χ0) is 9.78. The van der Waals surface area contributed by atoms with Crippen molar-refractivity contribution >= 4 is 23.5 Å². The van der Waals surface area contributed by atoms with Crippen molar-refractivity contribution in [1.82, 2.24) is 0 Å². The van der Waals surface area contributed by atoms with Gasteiger partial charge in [0.25, 0.3) is 0 Å². The highest BCUT2D eigenvalue weighted by atomic mass is 32.2. The van der Waals surface area contributed by atoms with Gasteiger partial charge in [0, 0.05) is 0 Å². The predicted octanol–water partition coefficient (Wildman–Crippen LogP) is 3.89. The second-order valence-corrected chi connectivity index (χ2v) is 5.73. The number of allylic oxidation sites excluding steroid dienone is 1. The molecule has 12 heavy (non-hydrogen) atoms. The molecular weight excluding hydrogens is 184 g/mol. The first-order valence-corrected chi connectivity index (χ1v) is 6.73. The van der Waals surface area contributed by atoms with Crippen molar-refractivity contribution in [2.24, 2.45) is 11.8 Å². The van der Waals surface area contributed by atoms with E-state index in [0.29, 0.717) is 15.9 Å². The van der Waals surface area contributed by atoms with Crippen LogP contribution in [0.2, 0.25) is 0 Å². The Labute approximate surface area is 85.6 Å². The molecule has 0 aliphatic heterocycles. The van der Waals surface area contributed by atoms with Crippen molar-refractivity contribution < 1.29 is 0 Å². The molecule has 0 radical (unpaired) electrons. The summed E-state index contributed by atoms with van der Waals surface area (Å²) in [5.41, 5.74) is 0. The molecule has 0 spiro atoms. The van der Waals surface area contributed by atoms with E-state index >= 15 is 0 Å². The highest BCUT2D eigenvalue weighted by Crippen LogP contribution is 2.47. The van der Waals surface area contributed by atoms with Crippen LogP contribution in [0.15, 0.2) is 12.7 Å². The molecule has 0 aromatic rings. The van der Waals surface area contributed by atoms with E-state index in [-0.39, 0.29) is 0 Å². The van der Waals surface area contributed by atoms with Crippen LogP contribution in [0.3, 0.4) is 0 Å². The SMILES string of the molecule is C=CC(C)C(SC)(SC)C(C)C. The number of rotatable bonds is 5. The first kappa shape index (κ1) is 12.4. The van der Waals surface area contributed by atoms with Crippen LogP contribution in [0, 0.1) is 11.8 Å². The fraction of sp³-hybridized carbons (Fsp3) is 0.800. The summed E-state index contributed by atoms with van der Waals surface area (Å²) < 4.78 is 0.307. The van der Waals surface area contributed by atoms with Crippen LogP contribution >= 0.6 is 23.5 Å². The molecule has 0 fully saturated rings. The maximum Gasteiger partial charge on any atom is 0.0687 e. The van der Waals surface area contributed by atoms with Gasteiger partial charge in [0.05, 0.1) is 4.08 Å². The van der Waals surface area contributed by atoms with Crippen molar-refractivity contribution in [3.8, 4) is 0 Å². The molecule has 0 saturated heterocycles. The van der Waals surface area contributed by atoms with E-state index < -0.39 is 0 Å². The van der Waals surface area contributed by atoms with Crippen molar-refractivity contribution in [3.05, 3.63) is 12.7 Å². The fourth-order valence-electron chi connectivity index (χ4n) is 1.62. The monoisotopic (exact) mass is 204 g/mol. The minimum absolute atomic E-state index is 0.307. The summed E-state index contributed by atoms with van der Waals surface area (Å²) in [6.07, 6.45) is 6.44. The Balaban J connectivity index is 4.67. The van der Waals surface area contributed by atoms with Crippen LogP contribution < -0.4 is 0 Å². The summed E-state index contributed by atoms with van der Waals surface area (Å²) in [5.74, 6) is 1.23. The third-order valence-electron chi connectivity index (χ3n) is 2.43. The van der Waals surface area contributed by atoms with Gasteiger partial charge in [-0.25, -0.2) is 0 Å². The van der Waals surface area contributed by atoms with Crippen molar-refractivity contribution in [3.63, 3.8) is 0 Å². The van der Waals surface area contributed by atoms with Gasteiger partial charge in [0.1, 0.15) is 0 Å². The summed E-state index contributed by atoms with van der Waals surface area (Å²) in [6, 6.07) is 0. The molecule has 0 saturated carbocycles. The Bertz CT molecular complexity index is 137. The van der Waals surface area contributed by atoms with Crippen LogP contribution in [0.25, 0.3) is 0 Å². The Kier molecular flexibility index (Phi) is 5.42. The standard InChI is InChI=1S/C10H20S2/c1-7-9(4)10(11-5,12-6)8(2)3/h7-9H,1H2,2-6H3. The summed E-state index contributed by atoms with van der Waals surface area (Å²) in [5, 5.41) is 0. The number of hydrogen-bond acceptors (Lipinski definition) is 2. The number of thioether (sulfide) groups is 2. The van der Waals surface area contributed by atoms with Gasteiger partial charge in [-0.1, -0.05) is 26.8 Å². The molecule has 0 N–H and O–H groups in total. The summed E-state index contributed by atoms with van der Waals surface area (Å²) in [7, 11) is 0. The van der Waals surface area contributed by atoms with Gasteiger partial charge in [-0.05, 0) is 24.3 Å². The molecule has 0 aromatic heterocycles. The first-order chi connectivity index (χ1) is 5.55. The van der Waals surface area contributed by atoms with E-state index in [2.05, 4.69) is 45.9 Å². The second-order valence-electron chi connectivity index (χ2n) is 3.31. The van der Waals surface area contributed by atoms with Crippen LogP contribution in [-0.2, 0) is 0 Å². The molecule has 0 aliphatic rings. The highest BCUT2D eigenvalue weighted by Gasteiger charge is 2.36. The molecule has 0 rings (SSSR count). The van der Waals surface area contributed by atoms with Gasteiger partial charge in [-0.15, -0.1) is 30.1 Å². The van der Waals surface area contributed by atoms with E-state index in [1.165, 1.54) is 0 Å². The molecule has 72 valence electrons. The van der Waals surface area contributed by atoms with E-state index in [4.69, 9.17) is 0 Å². The van der Waals surface area contributed by atoms with Gasteiger partial charge in [-0.2, -0.15) is 0 Å². The lowest BCUT2D eigenvalue weighted by molar-refractivity contribution is 0.485. The minimum Gasteiger partial charge on any atom is -0.147 e. The minimum atomic E-state index is 0.307. The molecule has 0 bridgehead atoms. The molecule has 1 unspecified atom stereocenters. The van der Waals surface area contributed by atoms with Gasteiger partial charge in [-0.3, -0.25) is 0 Å². The van der Waals surface area contributed by atoms with Crippen LogP contribution in [0.1, 0.15) is 20.8 Å². The van der Waals surface area contributed by atoms with Gasteiger partial charge in [0.2, 0.25) is 0 Å². The molecule has 2 heteroatoms. The van der Waals surface area contributed by atoms with E-state index in [9.17, 15) is 0 Å². The van der Waals surface area contributed by atoms with Crippen molar-refractivity contribution in [2.75, 3.05) is 12.5 Å². The zero-order valence-corrected chi connectivity index (χ0v) is 10.4. The normalized spacial score (nSPS) is 14.8. The van der Waals surface area contributed by atoms with Crippen LogP contribution in [-0.4, -0.2) is 16.6 Å². The Hall–Kier alpha value is 0.440. The van der Waals surface area contributed by atoms with E-state index in [0.717, 1.165) is 0 Å². The zero-order valence-electron chi connectivity index (χ0n) is 8.76. The highest BCUT2D eigenvalue weighted by molar-refractivity contribution is 8.17. The lowest BCUT2D eigenvalue weighted by Gasteiger charge is -2.38. The smallest absolute Gasteiger partial charge is 0.0687 e. The fourth-order valence-corrected chi connectivity index (χ4v) is 4.16. The van der Waals surface area contributed by atoms with Crippen molar-refractivity contribution in [1.29, 1.82) is 0 Å². The largest absolute Gasteiger partial charge is 0.147 e. The van der Waals surface area contributed by atoms with Gasteiger partial charge in [0.15, 0.2) is 0 Å². The lowest BCUT2D eigenvalue weighted by atomic mass is 9.97. The number of hydrogen-bond donors (Lipinski definition) is 0.